The highest BCUT2D eigenvalue weighted by atomic mass is 16.7. The van der Waals surface area contributed by atoms with Crippen molar-refractivity contribution in [3.8, 4) is 0 Å². The topological polar surface area (TPSA) is 136 Å². The van der Waals surface area contributed by atoms with Crippen LogP contribution in [-0.4, -0.2) is 32.7 Å². The lowest BCUT2D eigenvalue weighted by Crippen LogP contribution is -2.37. The highest BCUT2D eigenvalue weighted by Crippen LogP contribution is 2.49. The summed E-state index contributed by atoms with van der Waals surface area (Å²) in [5.41, 5.74) is 0.630. The molecule has 0 spiro atoms. The third-order valence-corrected chi connectivity index (χ3v) is 6.14. The maximum Gasteiger partial charge on any atom is 0.274 e. The van der Waals surface area contributed by atoms with E-state index in [1.54, 1.807) is 30.3 Å². The lowest BCUT2D eigenvalue weighted by atomic mass is 9.89. The summed E-state index contributed by atoms with van der Waals surface area (Å²) in [5, 5.41) is 24.3. The normalized spacial score (nSPS) is 21.3. The molecule has 176 valence electrons. The van der Waals surface area contributed by atoms with Crippen molar-refractivity contribution in [3.63, 3.8) is 0 Å². The molecule has 11 nitrogen and oxygen atoms in total. The highest BCUT2D eigenvalue weighted by Gasteiger charge is 2.60. The number of hydrogen-bond acceptors (Lipinski definition) is 8. The molecule has 11 heteroatoms. The molecule has 2 saturated heterocycles. The summed E-state index contributed by atoms with van der Waals surface area (Å²) in [5.74, 6) is -2.17. The van der Waals surface area contributed by atoms with E-state index in [-0.39, 0.29) is 29.2 Å². The molecule has 2 amide bonds. The molecule has 0 aliphatic carbocycles. The second-order valence-electron chi connectivity index (χ2n) is 8.16. The van der Waals surface area contributed by atoms with Crippen LogP contribution in [0.3, 0.4) is 0 Å². The highest BCUT2D eigenvalue weighted by molar-refractivity contribution is 6.07. The summed E-state index contributed by atoms with van der Waals surface area (Å²) in [6, 6.07) is 19.3. The Labute approximate surface area is 198 Å². The zero-order valence-corrected chi connectivity index (χ0v) is 18.1. The van der Waals surface area contributed by atoms with Gasteiger partial charge >= 0.3 is 0 Å². The molecule has 2 heterocycles. The van der Waals surface area contributed by atoms with E-state index in [2.05, 4.69) is 0 Å². The number of fused-ring (bicyclic) bond motifs is 1. The van der Waals surface area contributed by atoms with Gasteiger partial charge in [-0.25, -0.2) is 5.06 Å². The number of amides is 2. The fourth-order valence-corrected chi connectivity index (χ4v) is 4.58. The summed E-state index contributed by atoms with van der Waals surface area (Å²) < 4.78 is 0. The van der Waals surface area contributed by atoms with Gasteiger partial charge in [0.15, 0.2) is 6.10 Å². The zero-order chi connectivity index (χ0) is 24.7. The molecular weight excluding hydrogens is 456 g/mol. The van der Waals surface area contributed by atoms with Crippen LogP contribution in [0.25, 0.3) is 0 Å². The van der Waals surface area contributed by atoms with Crippen LogP contribution in [0.15, 0.2) is 78.9 Å². The monoisotopic (exact) mass is 474 g/mol. The summed E-state index contributed by atoms with van der Waals surface area (Å²) in [6.07, 6.45) is -1.23. The van der Waals surface area contributed by atoms with Crippen LogP contribution in [0.4, 0.5) is 17.1 Å². The van der Waals surface area contributed by atoms with Crippen LogP contribution in [-0.2, 0) is 21.0 Å². The number of nitro groups is 2. The molecule has 0 saturated carbocycles. The molecule has 5 rings (SSSR count). The summed E-state index contributed by atoms with van der Waals surface area (Å²) in [4.78, 5) is 55.8. The Morgan fingerprint density at radius 2 is 1.54 bits per heavy atom. The number of carbonyl (C=O) groups excluding carboxylic acids is 2. The average molecular weight is 474 g/mol. The van der Waals surface area contributed by atoms with Gasteiger partial charge in [-0.15, -0.1) is 0 Å². The summed E-state index contributed by atoms with van der Waals surface area (Å²) in [7, 11) is 0. The maximum atomic E-state index is 13.5. The zero-order valence-electron chi connectivity index (χ0n) is 18.1. The lowest BCUT2D eigenvalue weighted by Gasteiger charge is -2.28. The van der Waals surface area contributed by atoms with Gasteiger partial charge in [0.25, 0.3) is 17.3 Å². The Morgan fingerprint density at radius 3 is 2.26 bits per heavy atom. The van der Waals surface area contributed by atoms with E-state index >= 15 is 0 Å². The molecule has 3 aromatic carbocycles. The smallest absolute Gasteiger partial charge is 0.274 e. The van der Waals surface area contributed by atoms with Crippen LogP contribution < -0.4 is 5.06 Å². The minimum Gasteiger partial charge on any atom is -0.275 e. The molecule has 0 aromatic heterocycles. The number of nitrogens with zero attached hydrogens (tertiary/aromatic N) is 4. The largest absolute Gasteiger partial charge is 0.275 e. The molecule has 0 N–H and O–H groups in total. The molecule has 35 heavy (non-hydrogen) atoms. The molecule has 2 aliphatic rings. The van der Waals surface area contributed by atoms with Crippen molar-refractivity contribution in [1.29, 1.82) is 0 Å². The average Bonchev–Trinajstić information content (AvgIpc) is 3.36. The molecule has 3 aromatic rings. The number of benzene rings is 3. The minimum atomic E-state index is -1.23. The third-order valence-electron chi connectivity index (χ3n) is 6.14. The van der Waals surface area contributed by atoms with Gasteiger partial charge in [-0.2, -0.15) is 0 Å². The number of imide groups is 1. The van der Waals surface area contributed by atoms with Gasteiger partial charge in [-0.05, 0) is 17.7 Å². The fourth-order valence-electron chi connectivity index (χ4n) is 4.58. The van der Waals surface area contributed by atoms with Crippen molar-refractivity contribution in [3.05, 3.63) is 110 Å². The van der Waals surface area contributed by atoms with E-state index in [1.807, 2.05) is 6.07 Å². The summed E-state index contributed by atoms with van der Waals surface area (Å²) >= 11 is 0. The number of carbonyl (C=O) groups is 2. The number of hydroxylamine groups is 1. The number of anilines is 1. The van der Waals surface area contributed by atoms with E-state index in [9.17, 15) is 29.8 Å². The predicted octanol–water partition coefficient (Wildman–Crippen LogP) is 3.55. The number of rotatable bonds is 6. The first-order chi connectivity index (χ1) is 16.9. The Kier molecular flexibility index (Phi) is 5.46. The quantitative estimate of drug-likeness (QED) is 0.301. The predicted molar refractivity (Wildman–Crippen MR) is 122 cm³/mol. The van der Waals surface area contributed by atoms with Crippen LogP contribution >= 0.6 is 0 Å². The second kappa shape index (κ2) is 8.61. The molecule has 3 atom stereocenters. The third kappa shape index (κ3) is 3.77. The molecule has 0 bridgehead atoms. The standard InChI is InChI=1S/C24H18N4O7/c29-23-20-21(18-11-4-5-12-19(18)28(33)34)26(16-9-6-10-17(13-16)27(31)32)35-22(20)24(30)25(23)14-15-7-2-1-3-8-15/h1-13,20-22H,14H2/t20-,21+,22+/m0/s1. The number of likely N-dealkylation sites (tertiary alicyclic amines) is 1. The van der Waals surface area contributed by atoms with Gasteiger partial charge in [0, 0.05) is 18.2 Å². The number of hydrogen-bond donors (Lipinski definition) is 0. The summed E-state index contributed by atoms with van der Waals surface area (Å²) in [6.45, 7) is 0.0370. The maximum absolute atomic E-state index is 13.5. The van der Waals surface area contributed by atoms with Gasteiger partial charge in [-0.3, -0.25) is 39.6 Å². The fraction of sp³-hybridized carbons (Fsp3) is 0.167. The SMILES string of the molecule is O=C1[C@H]2[C@@H](c3ccccc3[N+](=O)[O-])N(c3cccc([N+](=O)[O-])c3)O[C@H]2C(=O)N1Cc1ccccc1. The molecule has 2 fully saturated rings. The lowest BCUT2D eigenvalue weighted by molar-refractivity contribution is -0.385. The van der Waals surface area contributed by atoms with Gasteiger partial charge in [0.1, 0.15) is 12.0 Å². The van der Waals surface area contributed by atoms with E-state index < -0.39 is 39.7 Å². The Balaban J connectivity index is 1.60. The minimum absolute atomic E-state index is 0.0370. The van der Waals surface area contributed by atoms with E-state index in [4.69, 9.17) is 4.84 Å². The van der Waals surface area contributed by atoms with Crippen LogP contribution in [0, 0.1) is 26.1 Å². The van der Waals surface area contributed by atoms with Crippen molar-refractivity contribution >= 4 is 28.9 Å². The Morgan fingerprint density at radius 1 is 0.829 bits per heavy atom. The van der Waals surface area contributed by atoms with Crippen molar-refractivity contribution in [2.24, 2.45) is 5.92 Å². The first-order valence-electron chi connectivity index (χ1n) is 10.7. The molecule has 0 radical (unpaired) electrons. The molecule has 0 unspecified atom stereocenters. The Hall–Kier alpha value is -4.64. The number of nitro benzene ring substituents is 2. The van der Waals surface area contributed by atoms with Crippen molar-refractivity contribution < 1.29 is 24.3 Å². The van der Waals surface area contributed by atoms with E-state index in [0.717, 1.165) is 10.5 Å². The van der Waals surface area contributed by atoms with Crippen molar-refractivity contribution in [2.75, 3.05) is 5.06 Å². The molecule has 2 aliphatic heterocycles. The van der Waals surface area contributed by atoms with Gasteiger partial charge in [0.2, 0.25) is 5.91 Å². The first-order valence-corrected chi connectivity index (χ1v) is 10.7. The van der Waals surface area contributed by atoms with E-state index in [0.29, 0.717) is 0 Å². The van der Waals surface area contributed by atoms with Crippen LogP contribution in [0.1, 0.15) is 17.2 Å². The number of para-hydroxylation sites is 1. The van der Waals surface area contributed by atoms with Crippen molar-refractivity contribution in [2.45, 2.75) is 18.7 Å². The van der Waals surface area contributed by atoms with Gasteiger partial charge in [-0.1, -0.05) is 48.5 Å². The van der Waals surface area contributed by atoms with Crippen LogP contribution in [0.5, 0.6) is 0 Å². The van der Waals surface area contributed by atoms with Gasteiger partial charge in [0.05, 0.1) is 27.6 Å². The van der Waals surface area contributed by atoms with Crippen molar-refractivity contribution in [1.82, 2.24) is 4.90 Å². The number of non-ortho nitro benzene ring substituents is 1. The van der Waals surface area contributed by atoms with Crippen LogP contribution in [0.2, 0.25) is 0 Å². The van der Waals surface area contributed by atoms with Gasteiger partial charge < -0.3 is 0 Å². The Bertz CT molecular complexity index is 1350. The van der Waals surface area contributed by atoms with E-state index in [1.165, 1.54) is 47.5 Å². The molecular formula is C24H18N4O7. The second-order valence-corrected chi connectivity index (χ2v) is 8.16. The first kappa shape index (κ1) is 22.2.